The number of carbonyl (C=O) groups excluding carboxylic acids is 1. The topological polar surface area (TPSA) is 68.5 Å². The van der Waals surface area contributed by atoms with Crippen LogP contribution in [0.15, 0.2) is 47.8 Å². The molecular weight excluding hydrogens is 246 g/mol. The first kappa shape index (κ1) is 12.9. The molecule has 1 aromatic carbocycles. The maximum atomic E-state index is 11.8. The van der Waals surface area contributed by atoms with E-state index in [2.05, 4.69) is 6.58 Å². The minimum Gasteiger partial charge on any atom is -0.507 e. The van der Waals surface area contributed by atoms with E-state index in [1.54, 1.807) is 24.3 Å². The fourth-order valence-electron chi connectivity index (χ4n) is 1.81. The molecule has 0 aliphatic rings. The molecule has 0 bridgehead atoms. The number of aromatic nitrogens is 1. The average molecular weight is 259 g/mol. The van der Waals surface area contributed by atoms with Crippen molar-refractivity contribution in [3.8, 4) is 5.75 Å². The van der Waals surface area contributed by atoms with E-state index in [4.69, 9.17) is 4.74 Å². The number of esters is 1. The lowest BCUT2D eigenvalue weighted by molar-refractivity contribution is -0.143. The number of benzene rings is 1. The molecule has 0 fully saturated rings. The molecule has 1 aromatic heterocycles. The Morgan fingerprint density at radius 1 is 1.42 bits per heavy atom. The SMILES string of the molecule is C=CCOC(=O)Cn1c(=O)cc(O)c2ccccc21. The molecule has 1 N–H and O–H groups in total. The summed E-state index contributed by atoms with van der Waals surface area (Å²) in [4.78, 5) is 23.4. The Hall–Kier alpha value is -2.56. The number of carbonyl (C=O) groups is 1. The highest BCUT2D eigenvalue weighted by molar-refractivity contribution is 5.86. The number of hydrogen-bond acceptors (Lipinski definition) is 4. The van der Waals surface area contributed by atoms with E-state index in [0.717, 1.165) is 6.07 Å². The molecule has 0 atom stereocenters. The molecule has 0 amide bonds. The Bertz CT molecular complexity index is 687. The monoisotopic (exact) mass is 259 g/mol. The predicted octanol–water partition coefficient (Wildman–Crippen LogP) is 1.44. The normalized spacial score (nSPS) is 10.3. The van der Waals surface area contributed by atoms with E-state index in [-0.39, 0.29) is 18.9 Å². The molecule has 1 heterocycles. The van der Waals surface area contributed by atoms with Gasteiger partial charge in [0.2, 0.25) is 0 Å². The smallest absolute Gasteiger partial charge is 0.326 e. The minimum atomic E-state index is -0.530. The van der Waals surface area contributed by atoms with Crippen LogP contribution in [-0.4, -0.2) is 22.2 Å². The first-order chi connectivity index (χ1) is 9.13. The second-order valence-electron chi connectivity index (χ2n) is 3.94. The van der Waals surface area contributed by atoms with E-state index in [0.29, 0.717) is 10.9 Å². The summed E-state index contributed by atoms with van der Waals surface area (Å²) in [6, 6.07) is 7.90. The van der Waals surface area contributed by atoms with Gasteiger partial charge in [-0.15, -0.1) is 0 Å². The van der Waals surface area contributed by atoms with E-state index in [9.17, 15) is 14.7 Å². The number of hydrogen-bond donors (Lipinski definition) is 1. The van der Waals surface area contributed by atoms with E-state index in [1.807, 2.05) is 0 Å². The number of pyridine rings is 1. The largest absolute Gasteiger partial charge is 0.507 e. The quantitative estimate of drug-likeness (QED) is 0.666. The first-order valence-electron chi connectivity index (χ1n) is 5.71. The molecule has 0 saturated heterocycles. The maximum Gasteiger partial charge on any atom is 0.326 e. The highest BCUT2D eigenvalue weighted by Gasteiger charge is 2.11. The predicted molar refractivity (Wildman–Crippen MR) is 71.0 cm³/mol. The standard InChI is InChI=1S/C14H13NO4/c1-2-7-19-14(18)9-15-11-6-4-3-5-10(11)12(16)8-13(15)17/h2-6,8,16H,1,7,9H2. The van der Waals surface area contributed by atoms with Crippen LogP contribution >= 0.6 is 0 Å². The molecule has 98 valence electrons. The van der Waals surface area contributed by atoms with Gasteiger partial charge in [-0.25, -0.2) is 0 Å². The van der Waals surface area contributed by atoms with E-state index < -0.39 is 11.5 Å². The van der Waals surface area contributed by atoms with Gasteiger partial charge in [0.25, 0.3) is 5.56 Å². The fourth-order valence-corrected chi connectivity index (χ4v) is 1.81. The molecule has 0 unspecified atom stereocenters. The zero-order valence-electron chi connectivity index (χ0n) is 10.2. The second kappa shape index (κ2) is 5.39. The molecule has 0 aliphatic heterocycles. The summed E-state index contributed by atoms with van der Waals surface area (Å²) in [7, 11) is 0. The fraction of sp³-hybridized carbons (Fsp3) is 0.143. The van der Waals surface area contributed by atoms with E-state index in [1.165, 1.54) is 10.6 Å². The molecule has 0 saturated carbocycles. The van der Waals surface area contributed by atoms with Gasteiger partial charge in [0, 0.05) is 11.5 Å². The van der Waals surface area contributed by atoms with Gasteiger partial charge in [0.1, 0.15) is 18.9 Å². The zero-order valence-corrected chi connectivity index (χ0v) is 10.2. The summed E-state index contributed by atoms with van der Waals surface area (Å²) < 4.78 is 6.11. The molecule has 0 spiro atoms. The van der Waals surface area contributed by atoms with Crippen LogP contribution in [0.25, 0.3) is 10.9 Å². The number of rotatable bonds is 4. The van der Waals surface area contributed by atoms with Gasteiger partial charge in [-0.05, 0) is 12.1 Å². The summed E-state index contributed by atoms with van der Waals surface area (Å²) in [6.07, 6.45) is 1.45. The van der Waals surface area contributed by atoms with Gasteiger partial charge in [0.05, 0.1) is 5.52 Å². The molecule has 5 nitrogen and oxygen atoms in total. The lowest BCUT2D eigenvalue weighted by Gasteiger charge is -2.10. The zero-order chi connectivity index (χ0) is 13.8. The molecule has 19 heavy (non-hydrogen) atoms. The second-order valence-corrected chi connectivity index (χ2v) is 3.94. The molecule has 2 rings (SSSR count). The molecular formula is C14H13NO4. The third-order valence-corrected chi connectivity index (χ3v) is 2.65. The number of nitrogens with zero attached hydrogens (tertiary/aromatic N) is 1. The maximum absolute atomic E-state index is 11.8. The Labute approximate surface area is 109 Å². The lowest BCUT2D eigenvalue weighted by Crippen LogP contribution is -2.25. The summed E-state index contributed by atoms with van der Waals surface area (Å²) in [5, 5.41) is 10.2. The molecule has 0 aliphatic carbocycles. The van der Waals surface area contributed by atoms with Gasteiger partial charge in [-0.2, -0.15) is 0 Å². The highest BCUT2D eigenvalue weighted by atomic mass is 16.5. The number of fused-ring (bicyclic) bond motifs is 1. The number of para-hydroxylation sites is 1. The van der Waals surface area contributed by atoms with Crippen LogP contribution in [0.3, 0.4) is 0 Å². The third-order valence-electron chi connectivity index (χ3n) is 2.65. The van der Waals surface area contributed by atoms with Crippen molar-refractivity contribution in [3.63, 3.8) is 0 Å². The Balaban J connectivity index is 2.45. The van der Waals surface area contributed by atoms with Crippen molar-refractivity contribution in [2.45, 2.75) is 6.54 Å². The first-order valence-corrected chi connectivity index (χ1v) is 5.71. The van der Waals surface area contributed by atoms with Gasteiger partial charge in [0.15, 0.2) is 0 Å². The Morgan fingerprint density at radius 2 is 2.16 bits per heavy atom. The minimum absolute atomic E-state index is 0.101. The lowest BCUT2D eigenvalue weighted by atomic mass is 10.2. The van der Waals surface area contributed by atoms with Gasteiger partial charge in [-0.1, -0.05) is 24.8 Å². The van der Waals surface area contributed by atoms with Crippen molar-refractivity contribution in [1.82, 2.24) is 4.57 Å². The summed E-state index contributed by atoms with van der Waals surface area (Å²) in [5.41, 5.74) is 0.0369. The van der Waals surface area contributed by atoms with E-state index >= 15 is 0 Å². The molecule has 0 radical (unpaired) electrons. The van der Waals surface area contributed by atoms with Crippen molar-refractivity contribution in [2.75, 3.05) is 6.61 Å². The van der Waals surface area contributed by atoms with Crippen LogP contribution < -0.4 is 5.56 Å². The van der Waals surface area contributed by atoms with Crippen LogP contribution in [0.5, 0.6) is 5.75 Å². The Kier molecular flexibility index (Phi) is 3.66. The van der Waals surface area contributed by atoms with Crippen LogP contribution in [-0.2, 0) is 16.1 Å². The molecule has 2 aromatic rings. The van der Waals surface area contributed by atoms with Crippen molar-refractivity contribution >= 4 is 16.9 Å². The third kappa shape index (κ3) is 2.65. The molecule has 5 heteroatoms. The average Bonchev–Trinajstić information content (AvgIpc) is 2.41. The van der Waals surface area contributed by atoms with Crippen molar-refractivity contribution < 1.29 is 14.6 Å². The van der Waals surface area contributed by atoms with Crippen LogP contribution in [0.2, 0.25) is 0 Å². The van der Waals surface area contributed by atoms with Crippen LogP contribution in [0.1, 0.15) is 0 Å². The van der Waals surface area contributed by atoms with Gasteiger partial charge >= 0.3 is 5.97 Å². The summed E-state index contributed by atoms with van der Waals surface area (Å²) in [6.45, 7) is 3.34. The van der Waals surface area contributed by atoms with Crippen LogP contribution in [0.4, 0.5) is 0 Å². The number of ether oxygens (including phenoxy) is 1. The van der Waals surface area contributed by atoms with Crippen LogP contribution in [0, 0.1) is 0 Å². The van der Waals surface area contributed by atoms with Crippen molar-refractivity contribution in [3.05, 3.63) is 53.3 Å². The van der Waals surface area contributed by atoms with Crippen molar-refractivity contribution in [1.29, 1.82) is 0 Å². The van der Waals surface area contributed by atoms with Gasteiger partial charge in [-0.3, -0.25) is 14.2 Å². The van der Waals surface area contributed by atoms with Gasteiger partial charge < -0.3 is 9.84 Å². The Morgan fingerprint density at radius 3 is 2.89 bits per heavy atom. The summed E-state index contributed by atoms with van der Waals surface area (Å²) in [5.74, 6) is -0.630. The summed E-state index contributed by atoms with van der Waals surface area (Å²) >= 11 is 0. The van der Waals surface area contributed by atoms with Crippen molar-refractivity contribution in [2.24, 2.45) is 0 Å². The number of aromatic hydroxyl groups is 1. The highest BCUT2D eigenvalue weighted by Crippen LogP contribution is 2.21.